The number of nitrogen functional groups attached to an aromatic ring is 1. The zero-order valence-electron chi connectivity index (χ0n) is 11.7. The second kappa shape index (κ2) is 5.12. The van der Waals surface area contributed by atoms with E-state index in [0.717, 1.165) is 17.3 Å². The average molecular weight is 269 g/mol. The van der Waals surface area contributed by atoms with Crippen LogP contribution in [0, 0.1) is 5.92 Å². The second-order valence-corrected chi connectivity index (χ2v) is 5.59. The second-order valence-electron chi connectivity index (χ2n) is 5.59. The predicted octanol–water partition coefficient (Wildman–Crippen LogP) is 2.69. The van der Waals surface area contributed by atoms with Crippen LogP contribution in [0.1, 0.15) is 29.6 Å². The minimum Gasteiger partial charge on any atom is -0.383 e. The topological polar surface area (TPSA) is 59.2 Å². The van der Waals surface area contributed by atoms with Crippen LogP contribution in [0.2, 0.25) is 0 Å². The molecule has 104 valence electrons. The van der Waals surface area contributed by atoms with E-state index in [4.69, 9.17) is 5.73 Å². The summed E-state index contributed by atoms with van der Waals surface area (Å²) in [7, 11) is 1.87. The molecule has 1 amide bonds. The van der Waals surface area contributed by atoms with Crippen molar-refractivity contribution in [1.82, 2.24) is 9.88 Å². The van der Waals surface area contributed by atoms with Gasteiger partial charge >= 0.3 is 0 Å². The van der Waals surface area contributed by atoms with E-state index in [1.54, 1.807) is 6.20 Å². The number of hydrogen-bond acceptors (Lipinski definition) is 3. The Kier molecular flexibility index (Phi) is 3.30. The van der Waals surface area contributed by atoms with Crippen molar-refractivity contribution in [2.75, 3.05) is 19.3 Å². The van der Waals surface area contributed by atoms with Gasteiger partial charge in [0.2, 0.25) is 0 Å². The van der Waals surface area contributed by atoms with E-state index in [1.807, 2.05) is 36.2 Å². The van der Waals surface area contributed by atoms with Crippen LogP contribution in [-0.4, -0.2) is 29.4 Å². The summed E-state index contributed by atoms with van der Waals surface area (Å²) in [4.78, 5) is 18.6. The summed E-state index contributed by atoms with van der Waals surface area (Å²) in [5.74, 6) is 1.16. The zero-order chi connectivity index (χ0) is 14.1. The molecule has 4 heteroatoms. The summed E-state index contributed by atoms with van der Waals surface area (Å²) >= 11 is 0. The van der Waals surface area contributed by atoms with Crippen molar-refractivity contribution in [3.8, 4) is 0 Å². The van der Waals surface area contributed by atoms with Crippen LogP contribution < -0.4 is 5.73 Å². The molecule has 0 spiro atoms. The number of fused-ring (bicyclic) bond motifs is 1. The van der Waals surface area contributed by atoms with Crippen LogP contribution in [0.25, 0.3) is 10.8 Å². The van der Waals surface area contributed by atoms with Crippen molar-refractivity contribution < 1.29 is 4.79 Å². The SMILES string of the molecule is CN(CC1CCC1)C(=O)c1cnc(N)c2ccccc12. The Morgan fingerprint density at radius 2 is 2.05 bits per heavy atom. The number of hydrogen-bond donors (Lipinski definition) is 1. The summed E-state index contributed by atoms with van der Waals surface area (Å²) in [6.45, 7) is 0.831. The molecule has 1 aromatic heterocycles. The molecule has 0 saturated heterocycles. The number of rotatable bonds is 3. The highest BCUT2D eigenvalue weighted by Crippen LogP contribution is 2.28. The number of aromatic nitrogens is 1. The molecule has 1 aliphatic carbocycles. The molecule has 1 aromatic carbocycles. The van der Waals surface area contributed by atoms with Crippen molar-refractivity contribution in [2.45, 2.75) is 19.3 Å². The Morgan fingerprint density at radius 3 is 2.70 bits per heavy atom. The lowest BCUT2D eigenvalue weighted by atomic mass is 9.85. The highest BCUT2D eigenvalue weighted by Gasteiger charge is 2.23. The average Bonchev–Trinajstić information content (AvgIpc) is 2.43. The number of carbonyl (C=O) groups is 1. The third-order valence-corrected chi connectivity index (χ3v) is 4.16. The third-order valence-electron chi connectivity index (χ3n) is 4.16. The van der Waals surface area contributed by atoms with Crippen LogP contribution in [0.5, 0.6) is 0 Å². The maximum atomic E-state index is 12.6. The van der Waals surface area contributed by atoms with Gasteiger partial charge in [-0.1, -0.05) is 30.7 Å². The van der Waals surface area contributed by atoms with Crippen molar-refractivity contribution in [3.63, 3.8) is 0 Å². The van der Waals surface area contributed by atoms with E-state index >= 15 is 0 Å². The number of carbonyl (C=O) groups excluding carboxylic acids is 1. The molecule has 1 fully saturated rings. The lowest BCUT2D eigenvalue weighted by Gasteiger charge is -2.30. The van der Waals surface area contributed by atoms with E-state index in [0.29, 0.717) is 17.3 Å². The molecule has 3 rings (SSSR count). The highest BCUT2D eigenvalue weighted by molar-refractivity contribution is 6.08. The van der Waals surface area contributed by atoms with Gasteiger partial charge in [-0.3, -0.25) is 4.79 Å². The molecule has 2 aromatic rings. The first-order valence-electron chi connectivity index (χ1n) is 7.05. The molecule has 0 aliphatic heterocycles. The number of nitrogens with two attached hydrogens (primary N) is 1. The molecule has 1 heterocycles. The fraction of sp³-hybridized carbons (Fsp3) is 0.375. The minimum atomic E-state index is 0.0283. The van der Waals surface area contributed by atoms with Gasteiger partial charge < -0.3 is 10.6 Å². The van der Waals surface area contributed by atoms with Gasteiger partial charge in [0.15, 0.2) is 0 Å². The molecule has 20 heavy (non-hydrogen) atoms. The van der Waals surface area contributed by atoms with Gasteiger partial charge in [-0.05, 0) is 24.1 Å². The standard InChI is InChI=1S/C16H19N3O/c1-19(10-11-5-4-6-11)16(20)14-9-18-15(17)13-8-3-2-7-12(13)14/h2-3,7-9,11H,4-6,10H2,1H3,(H2,17,18). The van der Waals surface area contributed by atoms with Crippen molar-refractivity contribution in [3.05, 3.63) is 36.0 Å². The summed E-state index contributed by atoms with van der Waals surface area (Å²) in [5, 5.41) is 1.72. The van der Waals surface area contributed by atoms with E-state index in [1.165, 1.54) is 19.3 Å². The van der Waals surface area contributed by atoms with Gasteiger partial charge in [-0.25, -0.2) is 4.98 Å². The maximum Gasteiger partial charge on any atom is 0.255 e. The monoisotopic (exact) mass is 269 g/mol. The zero-order valence-corrected chi connectivity index (χ0v) is 11.7. The first-order valence-corrected chi connectivity index (χ1v) is 7.05. The van der Waals surface area contributed by atoms with E-state index in [9.17, 15) is 4.79 Å². The van der Waals surface area contributed by atoms with Crippen LogP contribution in [0.15, 0.2) is 30.5 Å². The molecular weight excluding hydrogens is 250 g/mol. The summed E-state index contributed by atoms with van der Waals surface area (Å²) in [6.07, 6.45) is 5.35. The molecule has 2 N–H and O–H groups in total. The van der Waals surface area contributed by atoms with Crippen LogP contribution >= 0.6 is 0 Å². The molecule has 0 bridgehead atoms. The third kappa shape index (κ3) is 2.22. The fourth-order valence-corrected chi connectivity index (χ4v) is 2.74. The number of benzene rings is 1. The minimum absolute atomic E-state index is 0.0283. The van der Waals surface area contributed by atoms with Gasteiger partial charge in [0.25, 0.3) is 5.91 Å². The van der Waals surface area contributed by atoms with Gasteiger partial charge in [-0.2, -0.15) is 0 Å². The molecule has 0 unspecified atom stereocenters. The molecular formula is C16H19N3O. The van der Waals surface area contributed by atoms with Crippen LogP contribution in [0.3, 0.4) is 0 Å². The molecule has 4 nitrogen and oxygen atoms in total. The molecule has 1 saturated carbocycles. The first-order chi connectivity index (χ1) is 9.66. The summed E-state index contributed by atoms with van der Waals surface area (Å²) in [6, 6.07) is 7.66. The van der Waals surface area contributed by atoms with Crippen LogP contribution in [-0.2, 0) is 0 Å². The molecule has 1 aliphatic rings. The Labute approximate surface area is 118 Å². The van der Waals surface area contributed by atoms with E-state index in [2.05, 4.69) is 4.98 Å². The quantitative estimate of drug-likeness (QED) is 0.932. The number of nitrogens with zero attached hydrogens (tertiary/aromatic N) is 2. The van der Waals surface area contributed by atoms with Gasteiger partial charge in [0.1, 0.15) is 5.82 Å². The molecule has 0 atom stereocenters. The predicted molar refractivity (Wildman–Crippen MR) is 80.5 cm³/mol. The Hall–Kier alpha value is -2.10. The lowest BCUT2D eigenvalue weighted by Crippen LogP contribution is -2.34. The van der Waals surface area contributed by atoms with Crippen molar-refractivity contribution in [2.24, 2.45) is 5.92 Å². The Morgan fingerprint density at radius 1 is 1.35 bits per heavy atom. The van der Waals surface area contributed by atoms with Gasteiger partial charge in [-0.15, -0.1) is 0 Å². The summed E-state index contributed by atoms with van der Waals surface area (Å²) < 4.78 is 0. The molecule has 0 radical (unpaired) electrons. The first kappa shape index (κ1) is 12.9. The number of pyridine rings is 1. The Bertz CT molecular complexity index is 649. The Balaban J connectivity index is 1.92. The smallest absolute Gasteiger partial charge is 0.255 e. The largest absolute Gasteiger partial charge is 0.383 e. The summed E-state index contributed by atoms with van der Waals surface area (Å²) in [5.41, 5.74) is 6.51. The highest BCUT2D eigenvalue weighted by atomic mass is 16.2. The number of amides is 1. The van der Waals surface area contributed by atoms with Gasteiger partial charge in [0, 0.05) is 25.2 Å². The normalized spacial score (nSPS) is 15.1. The van der Waals surface area contributed by atoms with Crippen molar-refractivity contribution in [1.29, 1.82) is 0 Å². The maximum absolute atomic E-state index is 12.6. The number of anilines is 1. The van der Waals surface area contributed by atoms with Gasteiger partial charge in [0.05, 0.1) is 5.56 Å². The van der Waals surface area contributed by atoms with E-state index < -0.39 is 0 Å². The lowest BCUT2D eigenvalue weighted by molar-refractivity contribution is 0.0747. The van der Waals surface area contributed by atoms with E-state index in [-0.39, 0.29) is 5.91 Å². The van der Waals surface area contributed by atoms with Crippen molar-refractivity contribution >= 4 is 22.5 Å². The fourth-order valence-electron chi connectivity index (χ4n) is 2.74. The van der Waals surface area contributed by atoms with Crippen LogP contribution in [0.4, 0.5) is 5.82 Å².